The average Bonchev–Trinajstić information content (AvgIpc) is 2.24. The summed E-state index contributed by atoms with van der Waals surface area (Å²) in [6.07, 6.45) is 2.43. The molecule has 1 aliphatic rings. The molecule has 1 atom stereocenters. The summed E-state index contributed by atoms with van der Waals surface area (Å²) < 4.78 is 0. The summed E-state index contributed by atoms with van der Waals surface area (Å²) in [4.78, 5) is 2.49. The first kappa shape index (κ1) is 11.6. The molecule has 0 aromatic heterocycles. The van der Waals surface area contributed by atoms with Crippen molar-refractivity contribution >= 4 is 0 Å². The summed E-state index contributed by atoms with van der Waals surface area (Å²) in [7, 11) is 0. The Morgan fingerprint density at radius 2 is 2.00 bits per heavy atom. The van der Waals surface area contributed by atoms with Crippen molar-refractivity contribution in [3.8, 4) is 0 Å². The van der Waals surface area contributed by atoms with Crippen molar-refractivity contribution in [2.45, 2.75) is 39.3 Å². The van der Waals surface area contributed by atoms with Crippen LogP contribution in [0, 0.1) is 13.8 Å². The van der Waals surface area contributed by atoms with Gasteiger partial charge in [0.1, 0.15) is 0 Å². The molecule has 0 bridgehead atoms. The smallest absolute Gasteiger partial charge is 0.0239 e. The number of hydrogen-bond acceptors (Lipinski definition) is 2. The molecular weight excluding hydrogens is 196 g/mol. The Bertz CT molecular complexity index is 340. The van der Waals surface area contributed by atoms with Crippen LogP contribution in [0.2, 0.25) is 0 Å². The predicted molar refractivity (Wildman–Crippen MR) is 68.4 cm³/mol. The third kappa shape index (κ3) is 2.63. The summed E-state index contributed by atoms with van der Waals surface area (Å²) in [6, 6.07) is 6.91. The van der Waals surface area contributed by atoms with Crippen LogP contribution in [-0.4, -0.2) is 24.0 Å². The molecule has 88 valence electrons. The molecule has 2 nitrogen and oxygen atoms in total. The zero-order valence-corrected chi connectivity index (χ0v) is 10.4. The highest BCUT2D eigenvalue weighted by atomic mass is 15.1. The van der Waals surface area contributed by atoms with E-state index in [-0.39, 0.29) is 0 Å². The Hall–Kier alpha value is -0.860. The van der Waals surface area contributed by atoms with Crippen molar-refractivity contribution < 1.29 is 0 Å². The van der Waals surface area contributed by atoms with E-state index in [4.69, 9.17) is 5.73 Å². The van der Waals surface area contributed by atoms with Crippen molar-refractivity contribution in [2.24, 2.45) is 5.73 Å². The highest BCUT2D eigenvalue weighted by Gasteiger charge is 2.17. The van der Waals surface area contributed by atoms with Crippen LogP contribution in [0.25, 0.3) is 0 Å². The van der Waals surface area contributed by atoms with Crippen LogP contribution in [0.15, 0.2) is 18.2 Å². The molecule has 1 heterocycles. The first-order chi connectivity index (χ1) is 7.66. The van der Waals surface area contributed by atoms with Crippen LogP contribution in [-0.2, 0) is 6.54 Å². The van der Waals surface area contributed by atoms with E-state index in [0.29, 0.717) is 6.04 Å². The molecule has 1 saturated heterocycles. The second-order valence-corrected chi connectivity index (χ2v) is 5.01. The van der Waals surface area contributed by atoms with Crippen molar-refractivity contribution in [3.05, 3.63) is 34.9 Å². The fraction of sp³-hybridized carbons (Fsp3) is 0.571. The monoisotopic (exact) mass is 218 g/mol. The van der Waals surface area contributed by atoms with Gasteiger partial charge in [0.05, 0.1) is 0 Å². The second-order valence-electron chi connectivity index (χ2n) is 5.01. The number of benzene rings is 1. The van der Waals surface area contributed by atoms with E-state index in [1.165, 1.54) is 36.1 Å². The lowest BCUT2D eigenvalue weighted by atomic mass is 10.0. The average molecular weight is 218 g/mol. The van der Waals surface area contributed by atoms with Gasteiger partial charge in [-0.2, -0.15) is 0 Å². The number of aryl methyl sites for hydroxylation is 2. The molecule has 0 spiro atoms. The third-order valence-corrected chi connectivity index (χ3v) is 3.57. The molecule has 2 rings (SSSR count). The quantitative estimate of drug-likeness (QED) is 0.825. The number of nitrogens with zero attached hydrogens (tertiary/aromatic N) is 1. The molecule has 0 amide bonds. The third-order valence-electron chi connectivity index (χ3n) is 3.57. The lowest BCUT2D eigenvalue weighted by molar-refractivity contribution is 0.201. The molecule has 16 heavy (non-hydrogen) atoms. The first-order valence-corrected chi connectivity index (χ1v) is 6.20. The van der Waals surface area contributed by atoms with E-state index >= 15 is 0 Å². The number of rotatable bonds is 2. The summed E-state index contributed by atoms with van der Waals surface area (Å²) >= 11 is 0. The minimum absolute atomic E-state index is 0.373. The first-order valence-electron chi connectivity index (χ1n) is 6.20. The second kappa shape index (κ2) is 4.98. The molecular formula is C14H22N2. The van der Waals surface area contributed by atoms with Crippen LogP contribution < -0.4 is 5.73 Å². The Balaban J connectivity index is 2.08. The van der Waals surface area contributed by atoms with E-state index in [9.17, 15) is 0 Å². The SMILES string of the molecule is Cc1cccc(C)c1CN1CCCC(N)C1. The summed E-state index contributed by atoms with van der Waals surface area (Å²) in [5, 5.41) is 0. The molecule has 0 aliphatic carbocycles. The van der Waals surface area contributed by atoms with Crippen molar-refractivity contribution in [3.63, 3.8) is 0 Å². The van der Waals surface area contributed by atoms with Crippen LogP contribution in [0.3, 0.4) is 0 Å². The summed E-state index contributed by atoms with van der Waals surface area (Å²) in [5.41, 5.74) is 10.3. The van der Waals surface area contributed by atoms with Gasteiger partial charge in [0.25, 0.3) is 0 Å². The van der Waals surface area contributed by atoms with E-state index in [1.807, 2.05) is 0 Å². The fourth-order valence-electron chi connectivity index (χ4n) is 2.56. The number of hydrogen-bond donors (Lipinski definition) is 1. The van der Waals surface area contributed by atoms with Crippen LogP contribution >= 0.6 is 0 Å². The molecule has 0 saturated carbocycles. The molecule has 1 aliphatic heterocycles. The Morgan fingerprint density at radius 1 is 1.31 bits per heavy atom. The molecule has 1 fully saturated rings. The van der Waals surface area contributed by atoms with Gasteiger partial charge in [0, 0.05) is 19.1 Å². The molecule has 1 unspecified atom stereocenters. The van der Waals surface area contributed by atoms with Crippen molar-refractivity contribution in [2.75, 3.05) is 13.1 Å². The Morgan fingerprint density at radius 3 is 2.62 bits per heavy atom. The van der Waals surface area contributed by atoms with Gasteiger partial charge in [-0.05, 0) is 49.9 Å². The normalized spacial score (nSPS) is 22.3. The van der Waals surface area contributed by atoms with Gasteiger partial charge >= 0.3 is 0 Å². The van der Waals surface area contributed by atoms with Crippen molar-refractivity contribution in [1.29, 1.82) is 0 Å². The van der Waals surface area contributed by atoms with E-state index < -0.39 is 0 Å². The van der Waals surface area contributed by atoms with Gasteiger partial charge in [-0.15, -0.1) is 0 Å². The highest BCUT2D eigenvalue weighted by molar-refractivity contribution is 5.33. The van der Waals surface area contributed by atoms with Gasteiger partial charge in [-0.1, -0.05) is 18.2 Å². The Kier molecular flexibility index (Phi) is 3.62. The molecule has 1 aromatic rings. The number of piperidine rings is 1. The minimum atomic E-state index is 0.373. The predicted octanol–water partition coefficient (Wildman–Crippen LogP) is 2.23. The topological polar surface area (TPSA) is 29.3 Å². The van der Waals surface area contributed by atoms with Crippen LogP contribution in [0.4, 0.5) is 0 Å². The van der Waals surface area contributed by atoms with Gasteiger partial charge < -0.3 is 5.73 Å². The zero-order chi connectivity index (χ0) is 11.5. The lowest BCUT2D eigenvalue weighted by Gasteiger charge is -2.31. The minimum Gasteiger partial charge on any atom is -0.327 e. The van der Waals surface area contributed by atoms with Gasteiger partial charge in [-0.3, -0.25) is 4.90 Å². The van der Waals surface area contributed by atoms with Gasteiger partial charge in [0.15, 0.2) is 0 Å². The summed E-state index contributed by atoms with van der Waals surface area (Å²) in [6.45, 7) is 7.71. The van der Waals surface area contributed by atoms with Gasteiger partial charge in [0.2, 0.25) is 0 Å². The van der Waals surface area contributed by atoms with Gasteiger partial charge in [-0.25, -0.2) is 0 Å². The number of likely N-dealkylation sites (tertiary alicyclic amines) is 1. The Labute approximate surface area is 98.4 Å². The molecule has 2 N–H and O–H groups in total. The maximum atomic E-state index is 6.01. The lowest BCUT2D eigenvalue weighted by Crippen LogP contribution is -2.42. The van der Waals surface area contributed by atoms with Crippen molar-refractivity contribution in [1.82, 2.24) is 4.90 Å². The standard InChI is InChI=1S/C14H22N2/c1-11-5-3-6-12(2)14(11)10-16-8-4-7-13(15)9-16/h3,5-6,13H,4,7-10,15H2,1-2H3. The van der Waals surface area contributed by atoms with E-state index in [1.54, 1.807) is 0 Å². The highest BCUT2D eigenvalue weighted by Crippen LogP contribution is 2.18. The molecule has 0 radical (unpaired) electrons. The maximum absolute atomic E-state index is 6.01. The molecule has 2 heteroatoms. The molecule has 1 aromatic carbocycles. The number of nitrogens with two attached hydrogens (primary N) is 1. The fourth-order valence-corrected chi connectivity index (χ4v) is 2.56. The summed E-state index contributed by atoms with van der Waals surface area (Å²) in [5.74, 6) is 0. The van der Waals surface area contributed by atoms with E-state index in [2.05, 4.69) is 36.9 Å². The van der Waals surface area contributed by atoms with E-state index in [0.717, 1.165) is 13.1 Å². The maximum Gasteiger partial charge on any atom is 0.0239 e. The van der Waals surface area contributed by atoms with Crippen LogP contribution in [0.1, 0.15) is 29.5 Å². The largest absolute Gasteiger partial charge is 0.327 e. The zero-order valence-electron chi connectivity index (χ0n) is 10.4. The van der Waals surface area contributed by atoms with Crippen LogP contribution in [0.5, 0.6) is 0 Å².